The average Bonchev–Trinajstić information content (AvgIpc) is 2.49. The van der Waals surface area contributed by atoms with Crippen molar-refractivity contribution in [3.63, 3.8) is 0 Å². The number of rotatable bonds is 6. The van der Waals surface area contributed by atoms with E-state index >= 15 is 0 Å². The molecule has 0 unspecified atom stereocenters. The van der Waals surface area contributed by atoms with E-state index in [1.54, 1.807) is 11.0 Å². The average molecular weight is 289 g/mol. The monoisotopic (exact) mass is 289 g/mol. The third-order valence-electron chi connectivity index (χ3n) is 3.09. The van der Waals surface area contributed by atoms with Crippen molar-refractivity contribution >= 4 is 5.91 Å². The first kappa shape index (κ1) is 17.2. The quantitative estimate of drug-likeness (QED) is 0.642. The van der Waals surface area contributed by atoms with Crippen LogP contribution in [-0.2, 0) is 4.74 Å². The fourth-order valence-corrected chi connectivity index (χ4v) is 1.98. The molecule has 0 fully saturated rings. The zero-order valence-electron chi connectivity index (χ0n) is 13.0. The van der Waals surface area contributed by atoms with E-state index in [-0.39, 0.29) is 12.5 Å². The minimum atomic E-state index is -0.219. The summed E-state index contributed by atoms with van der Waals surface area (Å²) in [5, 5.41) is 8.84. The summed E-state index contributed by atoms with van der Waals surface area (Å²) < 4.78 is 5.31. The van der Waals surface area contributed by atoms with E-state index < -0.39 is 0 Å². The Balaban J connectivity index is 2.98. The molecule has 1 rings (SSSR count). The fraction of sp³-hybridized carbons (Fsp3) is 0.471. The van der Waals surface area contributed by atoms with Gasteiger partial charge in [-0.05, 0) is 38.5 Å². The second kappa shape index (κ2) is 9.17. The molecule has 0 spiro atoms. The van der Waals surface area contributed by atoms with Gasteiger partial charge in [0.05, 0.1) is 12.2 Å². The highest BCUT2D eigenvalue weighted by molar-refractivity contribution is 5.96. The molecule has 0 aromatic heterocycles. The summed E-state index contributed by atoms with van der Waals surface area (Å²) in [5.41, 5.74) is 2.26. The summed E-state index contributed by atoms with van der Waals surface area (Å²) in [6, 6.07) is 5.56. The topological polar surface area (TPSA) is 49.8 Å². The Hall–Kier alpha value is -1.83. The van der Waals surface area contributed by atoms with Gasteiger partial charge in [-0.3, -0.25) is 4.79 Å². The molecule has 1 aromatic rings. The Labute approximate surface area is 126 Å². The number of aliphatic hydroxyl groups excluding tert-OH is 1. The molecule has 1 N–H and O–H groups in total. The molecule has 114 valence electrons. The second-order valence-electron chi connectivity index (χ2n) is 4.59. The van der Waals surface area contributed by atoms with Gasteiger partial charge in [-0.1, -0.05) is 17.9 Å². The van der Waals surface area contributed by atoms with E-state index in [0.29, 0.717) is 37.4 Å². The molecule has 1 aromatic carbocycles. The Morgan fingerprint density at radius 3 is 2.76 bits per heavy atom. The van der Waals surface area contributed by atoms with Crippen LogP contribution in [0.4, 0.5) is 0 Å². The summed E-state index contributed by atoms with van der Waals surface area (Å²) in [4.78, 5) is 14.3. The van der Waals surface area contributed by atoms with Gasteiger partial charge in [0.2, 0.25) is 0 Å². The fourth-order valence-electron chi connectivity index (χ4n) is 1.98. The van der Waals surface area contributed by atoms with Crippen LogP contribution in [0.15, 0.2) is 18.2 Å². The van der Waals surface area contributed by atoms with Gasteiger partial charge in [-0.2, -0.15) is 0 Å². The lowest BCUT2D eigenvalue weighted by molar-refractivity contribution is 0.0669. The number of nitrogens with zero attached hydrogens (tertiary/aromatic N) is 1. The van der Waals surface area contributed by atoms with Crippen LogP contribution in [0, 0.1) is 18.8 Å². The maximum Gasteiger partial charge on any atom is 0.255 e. The largest absolute Gasteiger partial charge is 0.384 e. The van der Waals surface area contributed by atoms with E-state index in [9.17, 15) is 4.79 Å². The molecule has 4 heteroatoms. The van der Waals surface area contributed by atoms with Crippen molar-refractivity contribution in [2.24, 2.45) is 0 Å². The number of benzene rings is 1. The summed E-state index contributed by atoms with van der Waals surface area (Å²) in [6.45, 7) is 7.95. The van der Waals surface area contributed by atoms with Crippen LogP contribution < -0.4 is 0 Å². The first-order valence-corrected chi connectivity index (χ1v) is 7.21. The van der Waals surface area contributed by atoms with Crippen molar-refractivity contribution in [1.82, 2.24) is 4.90 Å². The normalized spacial score (nSPS) is 9.90. The third-order valence-corrected chi connectivity index (χ3v) is 3.09. The van der Waals surface area contributed by atoms with Gasteiger partial charge in [0.15, 0.2) is 0 Å². The Bertz CT molecular complexity index is 529. The van der Waals surface area contributed by atoms with Crippen molar-refractivity contribution in [3.8, 4) is 11.8 Å². The van der Waals surface area contributed by atoms with Gasteiger partial charge in [-0.25, -0.2) is 0 Å². The standard InChI is InChI=1S/C17H23NO3/c1-4-18(10-12-21-5-2)17(20)16-9-8-14(3)13-15(16)7-6-11-19/h8-9,13,19H,4-5,10-12H2,1-3H3. The number of likely N-dealkylation sites (N-methyl/N-ethyl adjacent to an activating group) is 1. The molecular formula is C17H23NO3. The minimum absolute atomic E-state index is 0.0561. The maximum absolute atomic E-state index is 12.6. The molecular weight excluding hydrogens is 266 g/mol. The first-order chi connectivity index (χ1) is 10.1. The Morgan fingerprint density at radius 1 is 1.38 bits per heavy atom. The molecule has 0 atom stereocenters. The van der Waals surface area contributed by atoms with E-state index in [1.165, 1.54) is 0 Å². The van der Waals surface area contributed by atoms with Crippen LogP contribution in [0.25, 0.3) is 0 Å². The van der Waals surface area contributed by atoms with Gasteiger partial charge in [0.1, 0.15) is 6.61 Å². The van der Waals surface area contributed by atoms with E-state index in [2.05, 4.69) is 11.8 Å². The smallest absolute Gasteiger partial charge is 0.255 e. The first-order valence-electron chi connectivity index (χ1n) is 7.21. The second-order valence-corrected chi connectivity index (χ2v) is 4.59. The molecule has 0 saturated heterocycles. The van der Waals surface area contributed by atoms with Crippen molar-refractivity contribution in [1.29, 1.82) is 0 Å². The minimum Gasteiger partial charge on any atom is -0.384 e. The van der Waals surface area contributed by atoms with E-state index in [0.717, 1.165) is 5.56 Å². The summed E-state index contributed by atoms with van der Waals surface area (Å²) in [6.07, 6.45) is 0. The van der Waals surface area contributed by atoms with E-state index in [4.69, 9.17) is 9.84 Å². The highest BCUT2D eigenvalue weighted by atomic mass is 16.5. The van der Waals surface area contributed by atoms with Crippen molar-refractivity contribution in [2.45, 2.75) is 20.8 Å². The lowest BCUT2D eigenvalue weighted by Crippen LogP contribution is -2.34. The van der Waals surface area contributed by atoms with Gasteiger partial charge in [0.25, 0.3) is 5.91 Å². The van der Waals surface area contributed by atoms with Crippen molar-refractivity contribution in [3.05, 3.63) is 34.9 Å². The van der Waals surface area contributed by atoms with Gasteiger partial charge >= 0.3 is 0 Å². The Kier molecular flexibility index (Phi) is 7.52. The predicted molar refractivity (Wildman–Crippen MR) is 83.2 cm³/mol. The lowest BCUT2D eigenvalue weighted by Gasteiger charge is -2.21. The number of hydrogen-bond donors (Lipinski definition) is 1. The molecule has 0 radical (unpaired) electrons. The number of aryl methyl sites for hydroxylation is 1. The molecule has 4 nitrogen and oxygen atoms in total. The number of hydrogen-bond acceptors (Lipinski definition) is 3. The van der Waals surface area contributed by atoms with Crippen LogP contribution in [-0.4, -0.2) is 48.8 Å². The molecule has 1 amide bonds. The van der Waals surface area contributed by atoms with Crippen LogP contribution in [0.5, 0.6) is 0 Å². The highest BCUT2D eigenvalue weighted by Gasteiger charge is 2.16. The summed E-state index contributed by atoms with van der Waals surface area (Å²) in [7, 11) is 0. The van der Waals surface area contributed by atoms with E-state index in [1.807, 2.05) is 32.9 Å². The molecule has 0 bridgehead atoms. The molecule has 0 heterocycles. The third kappa shape index (κ3) is 5.22. The number of ether oxygens (including phenoxy) is 1. The van der Waals surface area contributed by atoms with Crippen molar-refractivity contribution in [2.75, 3.05) is 32.9 Å². The molecule has 0 aliphatic rings. The molecule has 0 saturated carbocycles. The van der Waals surface area contributed by atoms with Gasteiger partial charge in [-0.15, -0.1) is 0 Å². The van der Waals surface area contributed by atoms with Crippen LogP contribution >= 0.6 is 0 Å². The van der Waals surface area contributed by atoms with Crippen LogP contribution in [0.2, 0.25) is 0 Å². The highest BCUT2D eigenvalue weighted by Crippen LogP contribution is 2.13. The SMILES string of the molecule is CCOCCN(CC)C(=O)c1ccc(C)cc1C#CCO. The molecule has 21 heavy (non-hydrogen) atoms. The zero-order chi connectivity index (χ0) is 15.7. The lowest BCUT2D eigenvalue weighted by atomic mass is 10.0. The molecule has 0 aliphatic carbocycles. The van der Waals surface area contributed by atoms with Gasteiger partial charge in [0, 0.05) is 25.3 Å². The van der Waals surface area contributed by atoms with Crippen LogP contribution in [0.3, 0.4) is 0 Å². The summed E-state index contributed by atoms with van der Waals surface area (Å²) in [5.74, 6) is 5.40. The maximum atomic E-state index is 12.6. The van der Waals surface area contributed by atoms with Crippen LogP contribution in [0.1, 0.15) is 35.3 Å². The predicted octanol–water partition coefficient (Wildman–Crippen LogP) is 1.84. The molecule has 0 aliphatic heterocycles. The van der Waals surface area contributed by atoms with Crippen molar-refractivity contribution < 1.29 is 14.6 Å². The van der Waals surface area contributed by atoms with Gasteiger partial charge < -0.3 is 14.7 Å². The number of carbonyl (C=O) groups excluding carboxylic acids is 1. The zero-order valence-corrected chi connectivity index (χ0v) is 13.0. The number of carbonyl (C=O) groups is 1. The number of aliphatic hydroxyl groups is 1. The Morgan fingerprint density at radius 2 is 2.14 bits per heavy atom. The summed E-state index contributed by atoms with van der Waals surface area (Å²) >= 11 is 0. The number of amides is 1.